The van der Waals surface area contributed by atoms with Crippen LogP contribution in [0.1, 0.15) is 166 Å². The monoisotopic (exact) mass is 818 g/mol. The Kier molecular flexibility index (Phi) is 25.3. The Morgan fingerprint density at radius 2 is 0.673 bits per heavy atom. The number of fused-ring (bicyclic) bond motifs is 2. The van der Waals surface area contributed by atoms with Gasteiger partial charge in [-0.2, -0.15) is 0 Å². The van der Waals surface area contributed by atoms with Crippen molar-refractivity contribution in [1.82, 2.24) is 0 Å². The molecular weight excluding hydrogens is 753 g/mol. The van der Waals surface area contributed by atoms with Gasteiger partial charge >= 0.3 is 37.7 Å². The number of rotatable bonds is 26. The van der Waals surface area contributed by atoms with Crippen LogP contribution in [0.3, 0.4) is 0 Å². The smallest absolute Gasteiger partial charge is 0.744 e. The molecule has 6 nitrogen and oxygen atoms in total. The van der Waals surface area contributed by atoms with E-state index in [4.69, 9.17) is 0 Å². The van der Waals surface area contributed by atoms with Gasteiger partial charge in [-0.05, 0) is 70.5 Å². The molecule has 0 saturated carbocycles. The Morgan fingerprint density at radius 3 is 0.964 bits per heavy atom. The van der Waals surface area contributed by atoms with Crippen LogP contribution in [-0.2, 0) is 33.1 Å². The Morgan fingerprint density at radius 1 is 0.400 bits per heavy atom. The van der Waals surface area contributed by atoms with Crippen LogP contribution in [0.4, 0.5) is 0 Å². The van der Waals surface area contributed by atoms with Gasteiger partial charge in [0.1, 0.15) is 20.2 Å². The second-order valence-electron chi connectivity index (χ2n) is 15.1. The molecule has 0 N–H and O–H groups in total. The first kappa shape index (κ1) is 49.6. The Hall–Kier alpha value is -1.52. The first-order chi connectivity index (χ1) is 26.0. The molecular formula is C46H66CaO6S2. The third-order valence-corrected chi connectivity index (χ3v) is 12.2. The molecule has 4 aromatic carbocycles. The Balaban J connectivity index is 0.000000373. The summed E-state index contributed by atoms with van der Waals surface area (Å²) in [6.07, 6.45) is 30.0. The van der Waals surface area contributed by atoms with Crippen LogP contribution < -0.4 is 0 Å². The summed E-state index contributed by atoms with van der Waals surface area (Å²) >= 11 is 0. The van der Waals surface area contributed by atoms with Crippen LogP contribution in [0, 0.1) is 0 Å². The van der Waals surface area contributed by atoms with Crippen molar-refractivity contribution in [2.24, 2.45) is 0 Å². The van der Waals surface area contributed by atoms with E-state index in [1.165, 1.54) is 116 Å². The molecule has 0 saturated heterocycles. The number of unbranched alkanes of at least 4 members (excludes halogenated alkanes) is 20. The minimum atomic E-state index is -4.46. The molecule has 0 radical (unpaired) electrons. The molecule has 0 unspecified atom stereocenters. The normalized spacial score (nSPS) is 11.7. The zero-order valence-electron chi connectivity index (χ0n) is 33.9. The standard InChI is InChI=1S/2C23H34O3S.Ca/c2*1-2-3-4-5-6-7-8-9-10-11-12-15-20-18-21-16-13-14-17-22(21)23(19-20)27(24,25)26;/h2*13-14,16-19H,2-12,15H2,1H3,(H,24,25,26);/q;;+2/p-2. The predicted octanol–water partition coefficient (Wildman–Crippen LogP) is 12.8. The summed E-state index contributed by atoms with van der Waals surface area (Å²) in [7, 11) is -8.91. The summed E-state index contributed by atoms with van der Waals surface area (Å²) in [6.45, 7) is 4.50. The van der Waals surface area contributed by atoms with Crippen LogP contribution in [0.5, 0.6) is 0 Å². The van der Waals surface area contributed by atoms with Gasteiger partial charge in [0.2, 0.25) is 0 Å². The van der Waals surface area contributed by atoms with Crippen molar-refractivity contribution in [3.63, 3.8) is 0 Å². The van der Waals surface area contributed by atoms with Crippen molar-refractivity contribution in [3.05, 3.63) is 83.9 Å². The van der Waals surface area contributed by atoms with E-state index in [1.54, 1.807) is 36.4 Å². The van der Waals surface area contributed by atoms with Crippen molar-refractivity contribution in [2.75, 3.05) is 0 Å². The number of aryl methyl sites for hydroxylation is 2. The van der Waals surface area contributed by atoms with E-state index in [9.17, 15) is 25.9 Å². The summed E-state index contributed by atoms with van der Waals surface area (Å²) < 4.78 is 69.6. The summed E-state index contributed by atoms with van der Waals surface area (Å²) in [5, 5.41) is 2.70. The average Bonchev–Trinajstić information content (AvgIpc) is 3.15. The first-order valence-corrected chi connectivity index (χ1v) is 23.8. The van der Waals surface area contributed by atoms with E-state index < -0.39 is 20.2 Å². The first-order valence-electron chi connectivity index (χ1n) is 21.0. The summed E-state index contributed by atoms with van der Waals surface area (Å²) in [6, 6.07) is 21.6. The van der Waals surface area contributed by atoms with Gasteiger partial charge in [0, 0.05) is 0 Å². The fourth-order valence-electron chi connectivity index (χ4n) is 7.36. The second kappa shape index (κ2) is 28.0. The molecule has 0 bridgehead atoms. The van der Waals surface area contributed by atoms with Crippen molar-refractivity contribution in [1.29, 1.82) is 0 Å². The summed E-state index contributed by atoms with van der Waals surface area (Å²) in [4.78, 5) is -0.169. The zero-order valence-corrected chi connectivity index (χ0v) is 37.7. The van der Waals surface area contributed by atoms with E-state index in [0.29, 0.717) is 10.8 Å². The molecule has 55 heavy (non-hydrogen) atoms. The van der Waals surface area contributed by atoms with Crippen molar-refractivity contribution < 1.29 is 25.9 Å². The molecule has 0 aromatic heterocycles. The topological polar surface area (TPSA) is 114 Å². The van der Waals surface area contributed by atoms with E-state index in [-0.39, 0.29) is 47.5 Å². The Bertz CT molecular complexity index is 1740. The molecule has 300 valence electrons. The van der Waals surface area contributed by atoms with Crippen molar-refractivity contribution in [2.45, 2.75) is 178 Å². The van der Waals surface area contributed by atoms with Gasteiger partial charge in [-0.25, -0.2) is 16.8 Å². The van der Waals surface area contributed by atoms with Gasteiger partial charge in [-0.1, -0.05) is 203 Å². The largest absolute Gasteiger partial charge is 2.00 e. The van der Waals surface area contributed by atoms with E-state index >= 15 is 0 Å². The van der Waals surface area contributed by atoms with Gasteiger partial charge in [0.25, 0.3) is 0 Å². The maximum atomic E-state index is 11.6. The molecule has 4 rings (SSSR count). The molecule has 0 amide bonds. The van der Waals surface area contributed by atoms with E-state index in [0.717, 1.165) is 60.4 Å². The van der Waals surface area contributed by atoms with Crippen LogP contribution in [0.2, 0.25) is 0 Å². The quantitative estimate of drug-likeness (QED) is 0.0354. The minimum Gasteiger partial charge on any atom is -0.744 e. The zero-order chi connectivity index (χ0) is 39.1. The number of benzene rings is 4. The summed E-state index contributed by atoms with van der Waals surface area (Å²) in [5.74, 6) is 0. The van der Waals surface area contributed by atoms with Crippen LogP contribution in [0.25, 0.3) is 21.5 Å². The fourth-order valence-corrected chi connectivity index (χ4v) is 8.86. The molecule has 0 atom stereocenters. The van der Waals surface area contributed by atoms with Crippen LogP contribution >= 0.6 is 0 Å². The average molecular weight is 819 g/mol. The minimum absolute atomic E-state index is 0. The van der Waals surface area contributed by atoms with E-state index in [2.05, 4.69) is 13.8 Å². The molecule has 0 fully saturated rings. The van der Waals surface area contributed by atoms with Gasteiger partial charge in [-0.15, -0.1) is 0 Å². The van der Waals surface area contributed by atoms with Crippen molar-refractivity contribution in [3.8, 4) is 0 Å². The van der Waals surface area contributed by atoms with Gasteiger partial charge < -0.3 is 9.11 Å². The van der Waals surface area contributed by atoms with Gasteiger partial charge in [0.15, 0.2) is 0 Å². The van der Waals surface area contributed by atoms with Gasteiger partial charge in [-0.3, -0.25) is 0 Å². The fraction of sp³-hybridized carbons (Fsp3) is 0.565. The van der Waals surface area contributed by atoms with Gasteiger partial charge in [0.05, 0.1) is 9.79 Å². The molecule has 0 aliphatic rings. The predicted molar refractivity (Wildman–Crippen MR) is 230 cm³/mol. The SMILES string of the molecule is CCCCCCCCCCCCCc1cc(S(=O)(=O)[O-])c2ccccc2c1.CCCCCCCCCCCCCc1cc(S(=O)(=O)[O-])c2ccccc2c1.[Ca+2]. The molecule has 0 spiro atoms. The van der Waals surface area contributed by atoms with E-state index in [1.807, 2.05) is 36.4 Å². The molecule has 4 aromatic rings. The maximum Gasteiger partial charge on any atom is 2.00 e. The molecule has 0 aliphatic heterocycles. The van der Waals surface area contributed by atoms with Crippen molar-refractivity contribution >= 4 is 79.5 Å². The number of hydrogen-bond acceptors (Lipinski definition) is 6. The third kappa shape index (κ3) is 19.7. The Labute approximate surface area is 364 Å². The van der Waals surface area contributed by atoms with Crippen LogP contribution in [0.15, 0.2) is 82.6 Å². The second-order valence-corrected chi connectivity index (χ2v) is 17.8. The third-order valence-electron chi connectivity index (χ3n) is 10.4. The summed E-state index contributed by atoms with van der Waals surface area (Å²) in [5.41, 5.74) is 1.89. The molecule has 0 heterocycles. The number of hydrogen-bond donors (Lipinski definition) is 0. The molecule has 9 heteroatoms. The molecule has 0 aliphatic carbocycles. The maximum absolute atomic E-state index is 11.6. The van der Waals surface area contributed by atoms with Crippen LogP contribution in [-0.4, -0.2) is 63.7 Å².